The maximum absolute atomic E-state index is 5.71. The van der Waals surface area contributed by atoms with Crippen molar-refractivity contribution in [2.45, 2.75) is 52.7 Å². The average molecular weight is 278 g/mol. The fraction of sp³-hybridized carbons (Fsp3) is 0.733. The Kier molecular flexibility index (Phi) is 5.17. The highest BCUT2D eigenvalue weighted by Crippen LogP contribution is 2.18. The molecule has 0 saturated carbocycles. The molecule has 1 aromatic rings. The van der Waals surface area contributed by atoms with E-state index in [0.717, 1.165) is 31.3 Å². The third kappa shape index (κ3) is 4.07. The molecule has 0 spiro atoms. The number of aromatic nitrogens is 2. The van der Waals surface area contributed by atoms with Gasteiger partial charge in [-0.25, -0.2) is 4.98 Å². The highest BCUT2D eigenvalue weighted by Gasteiger charge is 2.19. The summed E-state index contributed by atoms with van der Waals surface area (Å²) >= 11 is 0. The molecule has 2 rings (SSSR count). The summed E-state index contributed by atoms with van der Waals surface area (Å²) in [5.41, 5.74) is 0.948. The number of nitrogens with one attached hydrogen (secondary N) is 1. The van der Waals surface area contributed by atoms with Crippen molar-refractivity contribution >= 4 is 5.95 Å². The molecule has 1 unspecified atom stereocenters. The summed E-state index contributed by atoms with van der Waals surface area (Å²) in [4.78, 5) is 11.3. The highest BCUT2D eigenvalue weighted by atomic mass is 16.5. The molecule has 5 nitrogen and oxygen atoms in total. The number of aryl methyl sites for hydroxylation is 1. The number of nitrogens with zero attached hydrogens (tertiary/aromatic N) is 3. The summed E-state index contributed by atoms with van der Waals surface area (Å²) in [5.74, 6) is 1.44. The second-order valence-corrected chi connectivity index (χ2v) is 5.65. The minimum atomic E-state index is 0.128. The van der Waals surface area contributed by atoms with Crippen molar-refractivity contribution in [2.75, 3.05) is 24.5 Å². The third-order valence-corrected chi connectivity index (χ3v) is 3.44. The second kappa shape index (κ2) is 6.88. The van der Waals surface area contributed by atoms with Crippen molar-refractivity contribution in [3.05, 3.63) is 11.8 Å². The van der Waals surface area contributed by atoms with Gasteiger partial charge < -0.3 is 15.0 Å². The van der Waals surface area contributed by atoms with Crippen LogP contribution in [0.1, 0.15) is 39.3 Å². The molecule has 1 aliphatic heterocycles. The van der Waals surface area contributed by atoms with E-state index >= 15 is 0 Å². The predicted octanol–water partition coefficient (Wildman–Crippen LogP) is 2.15. The molecular weight excluding hydrogens is 252 g/mol. The first-order valence-electron chi connectivity index (χ1n) is 7.59. The molecule has 0 amide bonds. The van der Waals surface area contributed by atoms with Crippen LogP contribution in [0.15, 0.2) is 6.07 Å². The highest BCUT2D eigenvalue weighted by molar-refractivity contribution is 5.34. The molecule has 20 heavy (non-hydrogen) atoms. The topological polar surface area (TPSA) is 50.3 Å². The smallest absolute Gasteiger partial charge is 0.228 e. The van der Waals surface area contributed by atoms with Gasteiger partial charge in [0.1, 0.15) is 0 Å². The molecule has 0 aliphatic carbocycles. The molecule has 0 radical (unpaired) electrons. The van der Waals surface area contributed by atoms with E-state index in [-0.39, 0.29) is 6.10 Å². The molecular formula is C15H26N4O. The van der Waals surface area contributed by atoms with E-state index in [9.17, 15) is 0 Å². The lowest BCUT2D eigenvalue weighted by Gasteiger charge is -2.25. The van der Waals surface area contributed by atoms with Crippen LogP contribution in [0.3, 0.4) is 0 Å². The van der Waals surface area contributed by atoms with E-state index < -0.39 is 0 Å². The predicted molar refractivity (Wildman–Crippen MR) is 81.4 cm³/mol. The molecule has 5 heteroatoms. The third-order valence-electron chi connectivity index (χ3n) is 3.44. The van der Waals surface area contributed by atoms with Crippen LogP contribution in [0, 0.1) is 6.92 Å². The zero-order chi connectivity index (χ0) is 14.5. The van der Waals surface area contributed by atoms with Gasteiger partial charge in [0, 0.05) is 30.9 Å². The van der Waals surface area contributed by atoms with Gasteiger partial charge in [-0.3, -0.25) is 0 Å². The molecule has 0 aromatic carbocycles. The van der Waals surface area contributed by atoms with E-state index in [0.29, 0.717) is 11.9 Å². The lowest BCUT2D eigenvalue weighted by atomic mass is 10.2. The lowest BCUT2D eigenvalue weighted by molar-refractivity contribution is 0.232. The van der Waals surface area contributed by atoms with E-state index in [1.807, 2.05) is 26.8 Å². The van der Waals surface area contributed by atoms with Crippen molar-refractivity contribution in [2.24, 2.45) is 0 Å². The Balaban J connectivity index is 2.13. The van der Waals surface area contributed by atoms with E-state index in [1.54, 1.807) is 0 Å². The maximum atomic E-state index is 5.71. The summed E-state index contributed by atoms with van der Waals surface area (Å²) in [6.45, 7) is 11.1. The van der Waals surface area contributed by atoms with Crippen LogP contribution >= 0.6 is 0 Å². The molecule has 1 aromatic heterocycles. The van der Waals surface area contributed by atoms with Gasteiger partial charge in [0.25, 0.3) is 0 Å². The number of anilines is 1. The Morgan fingerprint density at radius 1 is 1.45 bits per heavy atom. The van der Waals surface area contributed by atoms with Crippen LogP contribution in [-0.4, -0.2) is 41.7 Å². The largest absolute Gasteiger partial charge is 0.475 e. The second-order valence-electron chi connectivity index (χ2n) is 5.65. The fourth-order valence-electron chi connectivity index (χ4n) is 2.50. The molecule has 0 bridgehead atoms. The van der Waals surface area contributed by atoms with Crippen LogP contribution in [-0.2, 0) is 0 Å². The molecule has 1 saturated heterocycles. The number of ether oxygens (including phenoxy) is 1. The van der Waals surface area contributed by atoms with Crippen LogP contribution < -0.4 is 15.0 Å². The minimum absolute atomic E-state index is 0.128. The minimum Gasteiger partial charge on any atom is -0.475 e. The molecule has 1 atom stereocenters. The fourth-order valence-corrected chi connectivity index (χ4v) is 2.50. The van der Waals surface area contributed by atoms with Gasteiger partial charge in [0.15, 0.2) is 0 Å². The van der Waals surface area contributed by atoms with E-state index in [2.05, 4.69) is 27.1 Å². The Bertz CT molecular complexity index is 430. The molecule has 1 N–H and O–H groups in total. The quantitative estimate of drug-likeness (QED) is 0.864. The molecule has 1 fully saturated rings. The number of rotatable bonds is 6. The van der Waals surface area contributed by atoms with Crippen molar-refractivity contribution in [3.8, 4) is 5.88 Å². The first-order valence-corrected chi connectivity index (χ1v) is 7.59. The first kappa shape index (κ1) is 15.0. The summed E-state index contributed by atoms with van der Waals surface area (Å²) in [5, 5.41) is 3.52. The van der Waals surface area contributed by atoms with Gasteiger partial charge in [0.05, 0.1) is 6.10 Å². The number of likely N-dealkylation sites (N-methyl/N-ethyl adjacent to an activating group) is 1. The molecule has 112 valence electrons. The van der Waals surface area contributed by atoms with Gasteiger partial charge in [-0.05, 0) is 47.1 Å². The van der Waals surface area contributed by atoms with Gasteiger partial charge in [-0.2, -0.15) is 4.98 Å². The number of hydrogen-bond acceptors (Lipinski definition) is 5. The number of hydrogen-bond donors (Lipinski definition) is 1. The summed E-state index contributed by atoms with van der Waals surface area (Å²) in [7, 11) is 0. The van der Waals surface area contributed by atoms with Gasteiger partial charge in [-0.15, -0.1) is 0 Å². The van der Waals surface area contributed by atoms with Crippen molar-refractivity contribution in [1.82, 2.24) is 15.3 Å². The Hall–Kier alpha value is -1.36. The maximum Gasteiger partial charge on any atom is 0.228 e. The Labute approximate surface area is 121 Å². The van der Waals surface area contributed by atoms with Crippen LogP contribution in [0.2, 0.25) is 0 Å². The van der Waals surface area contributed by atoms with Crippen LogP contribution in [0.4, 0.5) is 5.95 Å². The Morgan fingerprint density at radius 3 is 2.85 bits per heavy atom. The average Bonchev–Trinajstić information content (AvgIpc) is 2.87. The molecule has 2 heterocycles. The van der Waals surface area contributed by atoms with Crippen molar-refractivity contribution < 1.29 is 4.74 Å². The first-order chi connectivity index (χ1) is 9.58. The standard InChI is InChI=1S/C15H26N4O/c1-5-19(10-13-7-6-8-16-13)15-17-12(4)9-14(18-15)20-11(2)3/h9,11,13,16H,5-8,10H2,1-4H3. The SMILES string of the molecule is CCN(CC1CCCN1)c1nc(C)cc(OC(C)C)n1. The summed E-state index contributed by atoms with van der Waals surface area (Å²) < 4.78 is 5.71. The van der Waals surface area contributed by atoms with Crippen molar-refractivity contribution in [3.63, 3.8) is 0 Å². The van der Waals surface area contributed by atoms with Gasteiger partial charge >= 0.3 is 0 Å². The normalized spacial score (nSPS) is 18.6. The van der Waals surface area contributed by atoms with E-state index in [4.69, 9.17) is 4.74 Å². The summed E-state index contributed by atoms with van der Waals surface area (Å²) in [6.07, 6.45) is 2.62. The Morgan fingerprint density at radius 2 is 2.25 bits per heavy atom. The monoisotopic (exact) mass is 278 g/mol. The summed E-state index contributed by atoms with van der Waals surface area (Å²) in [6, 6.07) is 2.44. The van der Waals surface area contributed by atoms with Crippen molar-refractivity contribution in [1.29, 1.82) is 0 Å². The van der Waals surface area contributed by atoms with Crippen LogP contribution in [0.25, 0.3) is 0 Å². The zero-order valence-corrected chi connectivity index (χ0v) is 13.0. The van der Waals surface area contributed by atoms with Gasteiger partial charge in [0.2, 0.25) is 11.8 Å². The van der Waals surface area contributed by atoms with Crippen LogP contribution in [0.5, 0.6) is 5.88 Å². The molecule has 1 aliphatic rings. The van der Waals surface area contributed by atoms with Gasteiger partial charge in [-0.1, -0.05) is 0 Å². The van der Waals surface area contributed by atoms with E-state index in [1.165, 1.54) is 12.8 Å². The zero-order valence-electron chi connectivity index (χ0n) is 13.0. The lowest BCUT2D eigenvalue weighted by Crippen LogP contribution is -2.38.